The summed E-state index contributed by atoms with van der Waals surface area (Å²) < 4.78 is 12.0. The van der Waals surface area contributed by atoms with Crippen molar-refractivity contribution < 1.29 is 4.39 Å². The van der Waals surface area contributed by atoms with Crippen LogP contribution in [-0.2, 0) is 0 Å². The lowest BCUT2D eigenvalue weighted by molar-refractivity contribution is 0.539. The summed E-state index contributed by atoms with van der Waals surface area (Å²) in [6.45, 7) is 9.43. The second-order valence-corrected chi connectivity index (χ2v) is 3.27. The van der Waals surface area contributed by atoms with E-state index in [0.29, 0.717) is 12.0 Å². The average Bonchev–Trinajstić information content (AvgIpc) is 2.13. The number of alkyl halides is 1. The fraction of sp³-hybridized carbons (Fsp3) is 0.500. The van der Waals surface area contributed by atoms with Crippen LogP contribution in [0.3, 0.4) is 0 Å². The summed E-state index contributed by atoms with van der Waals surface area (Å²) in [5.41, 5.74) is 3.13. The summed E-state index contributed by atoms with van der Waals surface area (Å²) >= 11 is 0. The molecule has 0 aliphatic heterocycles. The molecule has 0 spiro atoms. The van der Waals surface area contributed by atoms with Gasteiger partial charge < -0.3 is 0 Å². The molecule has 0 unspecified atom stereocenters. The van der Waals surface area contributed by atoms with Gasteiger partial charge in [0.2, 0.25) is 0 Å². The maximum absolute atomic E-state index is 12.0. The first-order chi connectivity index (χ1) is 6.11. The molecule has 0 aromatic carbocycles. The first-order valence-electron chi connectivity index (χ1n) is 4.68. The lowest BCUT2D eigenvalue weighted by Crippen LogP contribution is -1.84. The third-order valence-corrected chi connectivity index (χ3v) is 2.02. The first-order valence-corrected chi connectivity index (χ1v) is 4.68. The van der Waals surface area contributed by atoms with Crippen LogP contribution < -0.4 is 0 Å². The van der Waals surface area contributed by atoms with E-state index in [9.17, 15) is 4.39 Å². The van der Waals surface area contributed by atoms with Crippen molar-refractivity contribution in [1.82, 2.24) is 0 Å². The lowest BCUT2D eigenvalue weighted by Gasteiger charge is -2.01. The normalized spacial score (nSPS) is 13.2. The summed E-state index contributed by atoms with van der Waals surface area (Å²) in [6.07, 6.45) is 5.89. The Hall–Kier alpha value is -0.850. The molecule has 0 fully saturated rings. The Labute approximate surface area is 80.9 Å². The summed E-state index contributed by atoms with van der Waals surface area (Å²) in [5.74, 6) is 0. The number of halogens is 1. The van der Waals surface area contributed by atoms with E-state index < -0.39 is 6.67 Å². The maximum Gasteiger partial charge on any atom is 0.111 e. The summed E-state index contributed by atoms with van der Waals surface area (Å²) in [6, 6.07) is 0. The van der Waals surface area contributed by atoms with Gasteiger partial charge in [0.05, 0.1) is 0 Å². The smallest absolute Gasteiger partial charge is 0.111 e. The van der Waals surface area contributed by atoms with Gasteiger partial charge in [0.15, 0.2) is 0 Å². The molecule has 0 amide bonds. The van der Waals surface area contributed by atoms with E-state index in [1.807, 2.05) is 13.0 Å². The molecule has 1 heteroatoms. The fourth-order valence-corrected chi connectivity index (χ4v) is 0.980. The van der Waals surface area contributed by atoms with Gasteiger partial charge in [0, 0.05) is 0 Å². The molecule has 0 aromatic rings. The molecule has 0 nitrogen and oxygen atoms in total. The topological polar surface area (TPSA) is 0 Å². The first kappa shape index (κ1) is 12.2. The molecular formula is C12H19F. The number of rotatable bonds is 5. The summed E-state index contributed by atoms with van der Waals surface area (Å²) in [7, 11) is 0. The van der Waals surface area contributed by atoms with E-state index in [1.165, 1.54) is 11.1 Å². The van der Waals surface area contributed by atoms with Crippen LogP contribution in [0.1, 0.15) is 33.6 Å². The molecule has 13 heavy (non-hydrogen) atoms. The van der Waals surface area contributed by atoms with E-state index >= 15 is 0 Å². The van der Waals surface area contributed by atoms with E-state index in [1.54, 1.807) is 0 Å². The monoisotopic (exact) mass is 182 g/mol. The minimum absolute atomic E-state index is 0.416. The third kappa shape index (κ3) is 5.40. The number of hydrogen-bond acceptors (Lipinski definition) is 0. The van der Waals surface area contributed by atoms with Crippen molar-refractivity contribution in [1.29, 1.82) is 0 Å². The highest BCUT2D eigenvalue weighted by Gasteiger charge is 1.93. The molecule has 0 aliphatic carbocycles. The third-order valence-electron chi connectivity index (χ3n) is 2.02. The Bertz CT molecular complexity index is 221. The highest BCUT2D eigenvalue weighted by Crippen LogP contribution is 2.12. The van der Waals surface area contributed by atoms with Crippen LogP contribution in [0.15, 0.2) is 35.5 Å². The molecule has 0 radical (unpaired) electrons. The highest BCUT2D eigenvalue weighted by molar-refractivity contribution is 5.27. The number of hydrogen-bond donors (Lipinski definition) is 0. The van der Waals surface area contributed by atoms with Gasteiger partial charge in [-0.25, -0.2) is 4.39 Å². The molecular weight excluding hydrogens is 163 g/mol. The molecule has 0 bridgehead atoms. The van der Waals surface area contributed by atoms with Crippen LogP contribution in [-0.4, -0.2) is 6.67 Å². The van der Waals surface area contributed by atoms with Crippen molar-refractivity contribution in [2.24, 2.45) is 0 Å². The van der Waals surface area contributed by atoms with E-state index in [0.717, 1.165) is 6.42 Å². The zero-order valence-corrected chi connectivity index (χ0v) is 8.86. The Morgan fingerprint density at radius 2 is 1.77 bits per heavy atom. The van der Waals surface area contributed by atoms with Crippen molar-refractivity contribution >= 4 is 0 Å². The van der Waals surface area contributed by atoms with Crippen molar-refractivity contribution in [3.05, 3.63) is 35.5 Å². The highest BCUT2D eigenvalue weighted by atomic mass is 19.1. The van der Waals surface area contributed by atoms with E-state index in [4.69, 9.17) is 0 Å². The van der Waals surface area contributed by atoms with Crippen molar-refractivity contribution in [3.63, 3.8) is 0 Å². The van der Waals surface area contributed by atoms with Crippen LogP contribution in [0.4, 0.5) is 4.39 Å². The van der Waals surface area contributed by atoms with Gasteiger partial charge in [0.1, 0.15) is 6.67 Å². The van der Waals surface area contributed by atoms with Crippen molar-refractivity contribution in [2.45, 2.75) is 33.6 Å². The van der Waals surface area contributed by atoms with Crippen molar-refractivity contribution in [2.75, 3.05) is 6.67 Å². The predicted octanol–water partition coefficient (Wildman–Crippen LogP) is 4.20. The van der Waals surface area contributed by atoms with Gasteiger partial charge in [-0.15, -0.1) is 0 Å². The molecule has 0 saturated heterocycles. The van der Waals surface area contributed by atoms with Crippen LogP contribution in [0, 0.1) is 0 Å². The summed E-state index contributed by atoms with van der Waals surface area (Å²) in [5, 5.41) is 0. The van der Waals surface area contributed by atoms with Crippen LogP contribution in [0.5, 0.6) is 0 Å². The molecule has 0 heterocycles. The quantitative estimate of drug-likeness (QED) is 0.441. The van der Waals surface area contributed by atoms with Crippen LogP contribution in [0.25, 0.3) is 0 Å². The van der Waals surface area contributed by atoms with Crippen molar-refractivity contribution in [3.8, 4) is 0 Å². The van der Waals surface area contributed by atoms with Gasteiger partial charge in [-0.2, -0.15) is 0 Å². The molecule has 0 aromatic heterocycles. The predicted molar refractivity (Wildman–Crippen MR) is 57.5 cm³/mol. The largest absolute Gasteiger partial charge is 0.246 e. The van der Waals surface area contributed by atoms with Crippen LogP contribution in [0.2, 0.25) is 0 Å². The Kier molecular flexibility index (Phi) is 6.21. The minimum atomic E-state index is -0.416. The summed E-state index contributed by atoms with van der Waals surface area (Å²) in [4.78, 5) is 0. The SMILES string of the molecule is C=C(CF)C/C=C(C)/C(C)=C\CC. The van der Waals surface area contributed by atoms with Gasteiger partial charge in [-0.05, 0) is 32.3 Å². The molecule has 0 saturated carbocycles. The maximum atomic E-state index is 12.0. The zero-order chi connectivity index (χ0) is 10.3. The van der Waals surface area contributed by atoms with E-state index in [-0.39, 0.29) is 0 Å². The molecule has 0 aliphatic rings. The molecule has 0 rings (SSSR count). The number of allylic oxidation sites excluding steroid dienone is 5. The molecule has 0 atom stereocenters. The van der Waals surface area contributed by atoms with Gasteiger partial charge in [-0.1, -0.05) is 36.8 Å². The fourth-order valence-electron chi connectivity index (χ4n) is 0.980. The Balaban J connectivity index is 4.16. The standard InChI is InChI=1S/C12H19F/c1-5-6-11(3)12(4)8-7-10(2)9-13/h6,8H,2,5,7,9H2,1,3-4H3/b11-6-,12-8+. The van der Waals surface area contributed by atoms with Gasteiger partial charge >= 0.3 is 0 Å². The van der Waals surface area contributed by atoms with Gasteiger partial charge in [0.25, 0.3) is 0 Å². The Morgan fingerprint density at radius 3 is 2.23 bits per heavy atom. The second kappa shape index (κ2) is 6.64. The average molecular weight is 182 g/mol. The Morgan fingerprint density at radius 1 is 1.23 bits per heavy atom. The second-order valence-electron chi connectivity index (χ2n) is 3.27. The van der Waals surface area contributed by atoms with E-state index in [2.05, 4.69) is 26.5 Å². The zero-order valence-electron chi connectivity index (χ0n) is 8.86. The molecule has 74 valence electrons. The molecule has 0 N–H and O–H groups in total. The lowest BCUT2D eigenvalue weighted by atomic mass is 10.1. The van der Waals surface area contributed by atoms with Crippen LogP contribution >= 0.6 is 0 Å². The minimum Gasteiger partial charge on any atom is -0.246 e. The van der Waals surface area contributed by atoms with Gasteiger partial charge in [-0.3, -0.25) is 0 Å².